The second kappa shape index (κ2) is 12.4. The van der Waals surface area contributed by atoms with E-state index in [-0.39, 0.29) is 30.3 Å². The maximum Gasteiger partial charge on any atom is 0.254 e. The summed E-state index contributed by atoms with van der Waals surface area (Å²) in [4.78, 5) is 32.4. The standard InChI is InChI=1S/C31H38N2O2S/c1-4-5-7-10-24-13-15-26(16-14-24)31(35)32(21-23(2)3)22-29(34)33-19-17-28-27(18-20-36-28)30(33)25-11-8-6-9-12-25/h6,8-9,11-16,18,20,23,30H,4-5,7,10,17,19,21-22H2,1-3H3. The molecule has 0 radical (unpaired) electrons. The van der Waals surface area contributed by atoms with E-state index in [0.29, 0.717) is 18.7 Å². The summed E-state index contributed by atoms with van der Waals surface area (Å²) in [5.74, 6) is 0.206. The molecule has 4 rings (SSSR count). The number of unbranched alkanes of at least 4 members (excludes halogenated alkanes) is 2. The van der Waals surface area contributed by atoms with E-state index in [9.17, 15) is 9.59 Å². The number of fused-ring (bicyclic) bond motifs is 1. The number of thiophene rings is 1. The highest BCUT2D eigenvalue weighted by molar-refractivity contribution is 7.10. The Balaban J connectivity index is 1.53. The second-order valence-corrected chi connectivity index (χ2v) is 11.2. The van der Waals surface area contributed by atoms with Crippen LogP contribution < -0.4 is 0 Å². The minimum atomic E-state index is -0.105. The topological polar surface area (TPSA) is 40.6 Å². The molecule has 1 atom stereocenters. The zero-order valence-electron chi connectivity index (χ0n) is 21.8. The highest BCUT2D eigenvalue weighted by Gasteiger charge is 2.34. The largest absolute Gasteiger partial charge is 0.330 e. The Morgan fingerprint density at radius 3 is 2.47 bits per heavy atom. The average Bonchev–Trinajstić information content (AvgIpc) is 3.37. The maximum atomic E-state index is 13.8. The predicted molar refractivity (Wildman–Crippen MR) is 148 cm³/mol. The van der Waals surface area contributed by atoms with Gasteiger partial charge in [0.2, 0.25) is 5.91 Å². The molecule has 2 amide bonds. The summed E-state index contributed by atoms with van der Waals surface area (Å²) in [5.41, 5.74) is 4.25. The van der Waals surface area contributed by atoms with Crippen molar-refractivity contribution in [2.24, 2.45) is 5.92 Å². The molecular formula is C31H38N2O2S. The Kier molecular flexibility index (Phi) is 8.98. The van der Waals surface area contributed by atoms with Gasteiger partial charge in [0, 0.05) is 23.5 Å². The van der Waals surface area contributed by atoms with Gasteiger partial charge >= 0.3 is 0 Å². The molecule has 5 heteroatoms. The van der Waals surface area contributed by atoms with Crippen LogP contribution >= 0.6 is 11.3 Å². The lowest BCUT2D eigenvalue weighted by Crippen LogP contribution is -2.47. The lowest BCUT2D eigenvalue weighted by atomic mass is 9.93. The molecule has 0 N–H and O–H groups in total. The van der Waals surface area contributed by atoms with Crippen molar-refractivity contribution in [1.29, 1.82) is 0 Å². The summed E-state index contributed by atoms with van der Waals surface area (Å²) in [5, 5.41) is 2.12. The fourth-order valence-corrected chi connectivity index (χ4v) is 5.97. The molecule has 1 aromatic heterocycles. The van der Waals surface area contributed by atoms with Gasteiger partial charge in [-0.2, -0.15) is 0 Å². The van der Waals surface area contributed by atoms with Crippen LogP contribution in [-0.4, -0.2) is 41.2 Å². The van der Waals surface area contributed by atoms with Crippen molar-refractivity contribution in [2.75, 3.05) is 19.6 Å². The minimum Gasteiger partial charge on any atom is -0.330 e. The number of hydrogen-bond donors (Lipinski definition) is 0. The summed E-state index contributed by atoms with van der Waals surface area (Å²) in [6.07, 6.45) is 5.49. The third-order valence-electron chi connectivity index (χ3n) is 6.87. The van der Waals surface area contributed by atoms with Crippen LogP contribution in [0, 0.1) is 5.92 Å². The van der Waals surface area contributed by atoms with Crippen molar-refractivity contribution < 1.29 is 9.59 Å². The van der Waals surface area contributed by atoms with Crippen molar-refractivity contribution >= 4 is 23.2 Å². The molecule has 36 heavy (non-hydrogen) atoms. The molecule has 2 aromatic carbocycles. The molecule has 1 aliphatic rings. The Morgan fingerprint density at radius 2 is 1.78 bits per heavy atom. The van der Waals surface area contributed by atoms with Crippen LogP contribution in [0.1, 0.15) is 78.0 Å². The number of aryl methyl sites for hydroxylation is 1. The molecule has 0 spiro atoms. The first-order valence-electron chi connectivity index (χ1n) is 13.3. The second-order valence-electron chi connectivity index (χ2n) is 10.2. The van der Waals surface area contributed by atoms with Crippen molar-refractivity contribution in [1.82, 2.24) is 9.80 Å². The number of hydrogen-bond acceptors (Lipinski definition) is 3. The van der Waals surface area contributed by atoms with E-state index >= 15 is 0 Å². The zero-order valence-corrected chi connectivity index (χ0v) is 22.6. The van der Waals surface area contributed by atoms with Gasteiger partial charge in [-0.05, 0) is 65.4 Å². The van der Waals surface area contributed by atoms with Gasteiger partial charge in [0.15, 0.2) is 0 Å². The fourth-order valence-electron chi connectivity index (χ4n) is 5.07. The molecule has 190 valence electrons. The van der Waals surface area contributed by atoms with Gasteiger partial charge in [-0.3, -0.25) is 9.59 Å². The average molecular weight is 503 g/mol. The van der Waals surface area contributed by atoms with Gasteiger partial charge in [-0.15, -0.1) is 11.3 Å². The number of rotatable bonds is 10. The molecular weight excluding hydrogens is 464 g/mol. The Morgan fingerprint density at radius 1 is 1.03 bits per heavy atom. The van der Waals surface area contributed by atoms with Crippen molar-refractivity contribution in [2.45, 2.75) is 58.9 Å². The Bertz CT molecular complexity index is 1140. The highest BCUT2D eigenvalue weighted by Crippen LogP contribution is 2.37. The van der Waals surface area contributed by atoms with E-state index in [1.54, 1.807) is 16.2 Å². The first kappa shape index (κ1) is 26.2. The number of carbonyl (C=O) groups excluding carboxylic acids is 2. The van der Waals surface area contributed by atoms with Crippen LogP contribution in [-0.2, 0) is 17.6 Å². The van der Waals surface area contributed by atoms with Gasteiger partial charge in [0.25, 0.3) is 5.91 Å². The predicted octanol–water partition coefficient (Wildman–Crippen LogP) is 6.75. The van der Waals surface area contributed by atoms with Crippen molar-refractivity contribution in [3.63, 3.8) is 0 Å². The van der Waals surface area contributed by atoms with E-state index < -0.39 is 0 Å². The quantitative estimate of drug-likeness (QED) is 0.288. The molecule has 1 unspecified atom stereocenters. The molecule has 4 nitrogen and oxygen atoms in total. The number of carbonyl (C=O) groups is 2. The smallest absolute Gasteiger partial charge is 0.254 e. The first-order valence-corrected chi connectivity index (χ1v) is 14.1. The van der Waals surface area contributed by atoms with Crippen molar-refractivity contribution in [3.8, 4) is 0 Å². The molecule has 0 bridgehead atoms. The third kappa shape index (κ3) is 6.25. The lowest BCUT2D eigenvalue weighted by Gasteiger charge is -2.38. The third-order valence-corrected chi connectivity index (χ3v) is 7.87. The highest BCUT2D eigenvalue weighted by atomic mass is 32.1. The van der Waals surface area contributed by atoms with Crippen LogP contribution in [0.3, 0.4) is 0 Å². The van der Waals surface area contributed by atoms with Crippen LogP contribution in [0.5, 0.6) is 0 Å². The van der Waals surface area contributed by atoms with E-state index in [2.05, 4.69) is 56.5 Å². The van der Waals surface area contributed by atoms with Gasteiger partial charge < -0.3 is 9.80 Å². The van der Waals surface area contributed by atoms with Crippen LogP contribution in [0.25, 0.3) is 0 Å². The monoisotopic (exact) mass is 502 g/mol. The van der Waals surface area contributed by atoms with E-state index in [1.807, 2.05) is 35.2 Å². The molecule has 0 aliphatic carbocycles. The summed E-state index contributed by atoms with van der Waals surface area (Å²) in [6.45, 7) is 7.70. The normalized spacial score (nSPS) is 15.1. The lowest BCUT2D eigenvalue weighted by molar-refractivity contribution is -0.134. The van der Waals surface area contributed by atoms with Gasteiger partial charge in [-0.1, -0.05) is 76.1 Å². The molecule has 0 saturated heterocycles. The van der Waals surface area contributed by atoms with Gasteiger partial charge in [-0.25, -0.2) is 0 Å². The summed E-state index contributed by atoms with van der Waals surface area (Å²) < 4.78 is 0. The number of benzene rings is 2. The maximum absolute atomic E-state index is 13.8. The van der Waals surface area contributed by atoms with Crippen molar-refractivity contribution in [3.05, 3.63) is 93.2 Å². The van der Waals surface area contributed by atoms with Gasteiger partial charge in [0.05, 0.1) is 6.04 Å². The van der Waals surface area contributed by atoms with Crippen LogP contribution in [0.4, 0.5) is 0 Å². The van der Waals surface area contributed by atoms with E-state index in [0.717, 1.165) is 18.4 Å². The summed E-state index contributed by atoms with van der Waals surface area (Å²) >= 11 is 1.77. The van der Waals surface area contributed by atoms with Crippen LogP contribution in [0.2, 0.25) is 0 Å². The molecule has 3 aromatic rings. The number of nitrogens with zero attached hydrogens (tertiary/aromatic N) is 2. The SMILES string of the molecule is CCCCCc1ccc(C(=O)N(CC(=O)N2CCc3sccc3C2c2ccccc2)CC(C)C)cc1. The number of amides is 2. The van der Waals surface area contributed by atoms with Gasteiger partial charge in [0.1, 0.15) is 6.54 Å². The van der Waals surface area contributed by atoms with E-state index in [4.69, 9.17) is 0 Å². The Hall–Kier alpha value is -2.92. The Labute approximate surface area is 219 Å². The zero-order chi connectivity index (χ0) is 25.5. The van der Waals surface area contributed by atoms with E-state index in [1.165, 1.54) is 35.3 Å². The molecule has 0 fully saturated rings. The van der Waals surface area contributed by atoms with Crippen LogP contribution in [0.15, 0.2) is 66.0 Å². The molecule has 1 aliphatic heterocycles. The fraction of sp³-hybridized carbons (Fsp3) is 0.419. The first-order chi connectivity index (χ1) is 17.5. The summed E-state index contributed by atoms with van der Waals surface area (Å²) in [6, 6.07) is 20.3. The summed E-state index contributed by atoms with van der Waals surface area (Å²) in [7, 11) is 0. The minimum absolute atomic E-state index is 0.00545. The molecule has 2 heterocycles. The molecule has 0 saturated carbocycles.